The van der Waals surface area contributed by atoms with E-state index in [1.807, 2.05) is 13.0 Å². The Morgan fingerprint density at radius 2 is 1.52 bits per heavy atom. The standard InChI is InChI=1S/C28H29N7O11/c1-15-4-9-19(13-21(15)33-23-30-12-10-20(32-23)17-3-2-11-29-14-17)31-22(36)16-5-7-18(8-6-16)24(37,38)35-27(43,44)25(39,40)34-26(41,42)28(35,45)46/h2-14,34,37-46H,1H3,(H,31,36)(H,30,32,33). The van der Waals surface area contributed by atoms with Crippen LogP contribution in [0.2, 0.25) is 0 Å². The highest BCUT2D eigenvalue weighted by molar-refractivity contribution is 6.04. The van der Waals surface area contributed by atoms with Gasteiger partial charge in [0.1, 0.15) is 0 Å². The zero-order valence-electron chi connectivity index (χ0n) is 23.7. The van der Waals surface area contributed by atoms with Crippen LogP contribution < -0.4 is 16.0 Å². The molecular weight excluding hydrogens is 610 g/mol. The van der Waals surface area contributed by atoms with Gasteiger partial charge in [-0.1, -0.05) is 18.2 Å². The van der Waals surface area contributed by atoms with Crippen molar-refractivity contribution in [3.05, 3.63) is 95.9 Å². The molecule has 46 heavy (non-hydrogen) atoms. The van der Waals surface area contributed by atoms with Gasteiger partial charge in [-0.3, -0.25) is 9.78 Å². The summed E-state index contributed by atoms with van der Waals surface area (Å²) < 4.78 is 0. The van der Waals surface area contributed by atoms with Gasteiger partial charge in [-0.05, 0) is 55.0 Å². The molecule has 1 aliphatic rings. The number of hydrogen-bond donors (Lipinski definition) is 13. The predicted octanol–water partition coefficient (Wildman–Crippen LogP) is -2.60. The van der Waals surface area contributed by atoms with Crippen LogP contribution in [0.5, 0.6) is 0 Å². The molecule has 0 saturated carbocycles. The molecule has 1 saturated heterocycles. The molecule has 5 rings (SSSR count). The lowest BCUT2D eigenvalue weighted by atomic mass is 10.0. The van der Waals surface area contributed by atoms with E-state index in [1.54, 1.807) is 48.9 Å². The molecule has 4 aromatic rings. The minimum atomic E-state index is -4.38. The van der Waals surface area contributed by atoms with E-state index in [1.165, 1.54) is 0 Å². The molecule has 0 atom stereocenters. The Balaban J connectivity index is 1.35. The lowest BCUT2D eigenvalue weighted by Crippen LogP contribution is -2.92. The highest BCUT2D eigenvalue weighted by Gasteiger charge is 2.77. The van der Waals surface area contributed by atoms with Crippen molar-refractivity contribution in [2.45, 2.75) is 36.5 Å². The highest BCUT2D eigenvalue weighted by atomic mass is 16.7. The Morgan fingerprint density at radius 3 is 2.13 bits per heavy atom. The summed E-state index contributed by atoms with van der Waals surface area (Å²) >= 11 is 0. The molecule has 242 valence electrons. The van der Waals surface area contributed by atoms with Crippen LogP contribution in [-0.2, 0) is 5.91 Å². The first-order chi connectivity index (χ1) is 21.4. The largest absolute Gasteiger partial charge is 0.349 e. The topological polar surface area (TPSA) is 297 Å². The second-order valence-corrected chi connectivity index (χ2v) is 10.4. The van der Waals surface area contributed by atoms with Gasteiger partial charge in [0.05, 0.1) is 5.69 Å². The lowest BCUT2D eigenvalue weighted by molar-refractivity contribution is -0.605. The molecule has 0 unspecified atom stereocenters. The first-order valence-corrected chi connectivity index (χ1v) is 13.2. The minimum absolute atomic E-state index is 0.0710. The zero-order valence-corrected chi connectivity index (χ0v) is 23.7. The number of rotatable bonds is 7. The van der Waals surface area contributed by atoms with Crippen LogP contribution in [0.1, 0.15) is 21.5 Å². The summed E-state index contributed by atoms with van der Waals surface area (Å²) in [7, 11) is 0. The summed E-state index contributed by atoms with van der Waals surface area (Å²) in [5.74, 6) is -21.5. The molecule has 18 heteroatoms. The van der Waals surface area contributed by atoms with E-state index < -0.39 is 45.9 Å². The Hall–Kier alpha value is -4.54. The SMILES string of the molecule is Cc1ccc(NC(=O)c2ccc(C(O)(O)N3C(O)(O)C(O)(O)NC(O)(O)C3(O)O)cc2)cc1Nc1nccc(-c2cccnc2)n1. The van der Waals surface area contributed by atoms with Crippen molar-refractivity contribution in [2.75, 3.05) is 10.6 Å². The normalized spacial score (nSPS) is 18.5. The molecule has 0 aliphatic carbocycles. The van der Waals surface area contributed by atoms with Crippen LogP contribution in [-0.4, -0.2) is 100 Å². The number of benzene rings is 2. The van der Waals surface area contributed by atoms with Gasteiger partial charge in [-0.2, -0.15) is 0 Å². The number of aryl methyl sites for hydroxylation is 1. The van der Waals surface area contributed by atoms with E-state index in [0.717, 1.165) is 40.7 Å². The Kier molecular flexibility index (Phi) is 8.11. The molecule has 18 nitrogen and oxygen atoms in total. The van der Waals surface area contributed by atoms with Crippen LogP contribution in [0.25, 0.3) is 11.3 Å². The Bertz CT molecular complexity index is 1720. The number of aromatic nitrogens is 3. The quantitative estimate of drug-likeness (QED) is 0.0922. The van der Waals surface area contributed by atoms with Crippen molar-refractivity contribution < 1.29 is 55.9 Å². The third-order valence-corrected chi connectivity index (χ3v) is 7.11. The highest BCUT2D eigenvalue weighted by Crippen LogP contribution is 2.43. The maximum Gasteiger partial charge on any atom is 0.307 e. The molecule has 0 spiro atoms. The number of carbonyl (C=O) groups excluding carboxylic acids is 1. The van der Waals surface area contributed by atoms with Crippen LogP contribution in [0.3, 0.4) is 0 Å². The summed E-state index contributed by atoms with van der Waals surface area (Å²) in [6, 6.07) is 14.0. The average Bonchev–Trinajstić information content (AvgIpc) is 2.98. The number of pyridine rings is 1. The molecule has 3 heterocycles. The smallest absolute Gasteiger partial charge is 0.307 e. The number of amides is 1. The van der Waals surface area contributed by atoms with Crippen molar-refractivity contribution in [1.82, 2.24) is 25.2 Å². The number of nitrogens with zero attached hydrogens (tertiary/aromatic N) is 4. The van der Waals surface area contributed by atoms with Crippen LogP contribution in [0.4, 0.5) is 17.3 Å². The van der Waals surface area contributed by atoms with Gasteiger partial charge in [-0.15, -0.1) is 4.90 Å². The van der Waals surface area contributed by atoms with Gasteiger partial charge in [-0.25, -0.2) is 15.3 Å². The summed E-state index contributed by atoms with van der Waals surface area (Å²) in [4.78, 5) is 24.8. The van der Waals surface area contributed by atoms with E-state index in [2.05, 4.69) is 25.6 Å². The average molecular weight is 640 g/mol. The molecule has 13 N–H and O–H groups in total. The van der Waals surface area contributed by atoms with Gasteiger partial charge in [0.25, 0.3) is 23.6 Å². The third kappa shape index (κ3) is 5.78. The van der Waals surface area contributed by atoms with Crippen LogP contribution in [0, 0.1) is 6.92 Å². The number of hydrogen-bond acceptors (Lipinski definition) is 17. The number of aliphatic hydroxyl groups is 10. The van der Waals surface area contributed by atoms with Gasteiger partial charge < -0.3 is 61.7 Å². The number of carbonyl (C=O) groups is 1. The lowest BCUT2D eigenvalue weighted by Gasteiger charge is -2.58. The second-order valence-electron chi connectivity index (χ2n) is 10.4. The molecule has 0 bridgehead atoms. The van der Waals surface area contributed by atoms with E-state index >= 15 is 0 Å². The molecule has 0 radical (unpaired) electrons. The minimum Gasteiger partial charge on any atom is -0.349 e. The van der Waals surface area contributed by atoms with E-state index in [4.69, 9.17) is 0 Å². The van der Waals surface area contributed by atoms with Gasteiger partial charge in [0, 0.05) is 46.7 Å². The Labute approximate surface area is 258 Å². The zero-order chi connectivity index (χ0) is 33.7. The van der Waals surface area contributed by atoms with Crippen LogP contribution >= 0.6 is 0 Å². The predicted molar refractivity (Wildman–Crippen MR) is 154 cm³/mol. The number of anilines is 3. The third-order valence-electron chi connectivity index (χ3n) is 7.11. The van der Waals surface area contributed by atoms with Crippen molar-refractivity contribution >= 4 is 23.2 Å². The van der Waals surface area contributed by atoms with Crippen molar-refractivity contribution in [2.24, 2.45) is 0 Å². The summed E-state index contributed by atoms with van der Waals surface area (Å²) in [5.41, 5.74) is 2.24. The van der Waals surface area contributed by atoms with Gasteiger partial charge in [0.2, 0.25) is 5.95 Å². The summed E-state index contributed by atoms with van der Waals surface area (Å²) in [6.45, 7) is 1.82. The first-order valence-electron chi connectivity index (χ1n) is 13.2. The first kappa shape index (κ1) is 32.8. The van der Waals surface area contributed by atoms with E-state index in [-0.39, 0.29) is 11.5 Å². The fraction of sp³-hybridized carbons (Fsp3) is 0.214. The summed E-state index contributed by atoms with van der Waals surface area (Å²) in [5, 5.41) is 108. The van der Waals surface area contributed by atoms with Crippen molar-refractivity contribution in [3.8, 4) is 11.3 Å². The molecule has 1 amide bonds. The number of piperazine rings is 1. The molecule has 1 fully saturated rings. The van der Waals surface area contributed by atoms with Crippen molar-refractivity contribution in [3.63, 3.8) is 0 Å². The van der Waals surface area contributed by atoms with Crippen LogP contribution in [0.15, 0.2) is 79.3 Å². The fourth-order valence-electron chi connectivity index (χ4n) is 4.60. The summed E-state index contributed by atoms with van der Waals surface area (Å²) in [6.07, 6.45) is 4.88. The van der Waals surface area contributed by atoms with E-state index in [9.17, 15) is 55.9 Å². The van der Waals surface area contributed by atoms with Gasteiger partial charge in [0.15, 0.2) is 0 Å². The molecule has 1 aliphatic heterocycles. The fourth-order valence-corrected chi connectivity index (χ4v) is 4.60. The molecule has 2 aromatic heterocycles. The number of nitrogens with one attached hydrogen (secondary N) is 3. The second kappa shape index (κ2) is 11.4. The Morgan fingerprint density at radius 1 is 0.870 bits per heavy atom. The molecule has 2 aromatic carbocycles. The van der Waals surface area contributed by atoms with Crippen molar-refractivity contribution in [1.29, 1.82) is 0 Å². The monoisotopic (exact) mass is 639 g/mol. The van der Waals surface area contributed by atoms with Gasteiger partial charge >= 0.3 is 11.8 Å². The van der Waals surface area contributed by atoms with E-state index in [0.29, 0.717) is 17.1 Å². The molecular formula is C28H29N7O11. The maximum atomic E-state index is 13.0. The maximum absolute atomic E-state index is 13.0.